The van der Waals surface area contributed by atoms with Gasteiger partial charge in [-0.15, -0.1) is 0 Å². The summed E-state index contributed by atoms with van der Waals surface area (Å²) < 4.78 is 4.93. The Labute approximate surface area is 173 Å². The molecule has 0 amide bonds. The zero-order valence-electron chi connectivity index (χ0n) is 18.3. The predicted molar refractivity (Wildman–Crippen MR) is 117 cm³/mol. The van der Waals surface area contributed by atoms with Crippen LogP contribution in [-0.2, 0) is 14.3 Å². The quantitative estimate of drug-likeness (QED) is 0.126. The molecule has 0 unspecified atom stereocenters. The average molecular weight is 397 g/mol. The lowest BCUT2D eigenvalue weighted by Gasteiger charge is -2.04. The zero-order chi connectivity index (χ0) is 20.7. The molecule has 0 fully saturated rings. The first-order valence-electron chi connectivity index (χ1n) is 11.7. The van der Waals surface area contributed by atoms with Crippen molar-refractivity contribution in [2.75, 3.05) is 6.61 Å². The predicted octanol–water partition coefficient (Wildman–Crippen LogP) is 7.21. The number of rotatable bonds is 21. The number of aliphatic carboxylic acids is 1. The number of carbonyl (C=O) groups excluding carboxylic acids is 1. The number of carboxylic acid groups (broad SMARTS) is 1. The average Bonchev–Trinajstić information content (AvgIpc) is 2.68. The molecular formula is C24H44O4. The number of ether oxygens (including phenoxy) is 1. The molecular weight excluding hydrogens is 352 g/mol. The summed E-state index contributed by atoms with van der Waals surface area (Å²) in [4.78, 5) is 21.4. The SMILES string of the molecule is CCCCCCCCCCCCCCCCCCCCOC(=O)C=CC(=O)O. The lowest BCUT2D eigenvalue weighted by molar-refractivity contribution is -0.138. The highest BCUT2D eigenvalue weighted by molar-refractivity contribution is 5.90. The summed E-state index contributed by atoms with van der Waals surface area (Å²) in [7, 11) is 0. The Morgan fingerprint density at radius 2 is 0.964 bits per heavy atom. The van der Waals surface area contributed by atoms with Crippen LogP contribution < -0.4 is 0 Å². The minimum atomic E-state index is -1.13. The second kappa shape index (κ2) is 22.0. The van der Waals surface area contributed by atoms with Crippen molar-refractivity contribution in [2.45, 2.75) is 122 Å². The fourth-order valence-corrected chi connectivity index (χ4v) is 3.36. The second-order valence-electron chi connectivity index (χ2n) is 7.85. The van der Waals surface area contributed by atoms with Gasteiger partial charge in [-0.2, -0.15) is 0 Å². The maximum Gasteiger partial charge on any atom is 0.331 e. The monoisotopic (exact) mass is 396 g/mol. The molecule has 1 N–H and O–H groups in total. The number of esters is 1. The third-order valence-corrected chi connectivity index (χ3v) is 5.10. The fraction of sp³-hybridized carbons (Fsp3) is 0.833. The van der Waals surface area contributed by atoms with E-state index in [0.717, 1.165) is 25.0 Å². The molecule has 4 nitrogen and oxygen atoms in total. The minimum absolute atomic E-state index is 0.377. The molecule has 0 aromatic heterocycles. The summed E-state index contributed by atoms with van der Waals surface area (Å²) in [6.07, 6.45) is 25.6. The van der Waals surface area contributed by atoms with Crippen LogP contribution in [0.2, 0.25) is 0 Å². The van der Waals surface area contributed by atoms with E-state index in [1.807, 2.05) is 0 Å². The van der Waals surface area contributed by atoms with Crippen LogP contribution in [0.25, 0.3) is 0 Å². The molecule has 0 spiro atoms. The van der Waals surface area contributed by atoms with Gasteiger partial charge in [-0.1, -0.05) is 116 Å². The van der Waals surface area contributed by atoms with Gasteiger partial charge < -0.3 is 9.84 Å². The Bertz CT molecular complexity index is 390. The van der Waals surface area contributed by atoms with Crippen molar-refractivity contribution in [3.8, 4) is 0 Å². The first-order valence-corrected chi connectivity index (χ1v) is 11.7. The van der Waals surface area contributed by atoms with Crippen LogP contribution in [-0.4, -0.2) is 23.7 Å². The van der Waals surface area contributed by atoms with Gasteiger partial charge in [0.15, 0.2) is 0 Å². The Morgan fingerprint density at radius 1 is 0.607 bits per heavy atom. The molecule has 0 aliphatic heterocycles. The largest absolute Gasteiger partial charge is 0.478 e. The molecule has 0 aliphatic carbocycles. The minimum Gasteiger partial charge on any atom is -0.478 e. The van der Waals surface area contributed by atoms with E-state index in [-0.39, 0.29) is 0 Å². The Balaban J connectivity index is 3.12. The van der Waals surface area contributed by atoms with E-state index in [9.17, 15) is 9.59 Å². The molecule has 164 valence electrons. The standard InChI is InChI=1S/C24H44O4/c1-2-3-4-5-6-7-8-9-10-11-12-13-14-15-16-17-18-19-22-28-24(27)21-20-23(25)26/h20-21H,2-19,22H2,1H3,(H,25,26). The van der Waals surface area contributed by atoms with E-state index in [0.29, 0.717) is 6.61 Å². The van der Waals surface area contributed by atoms with Crippen molar-refractivity contribution in [2.24, 2.45) is 0 Å². The van der Waals surface area contributed by atoms with E-state index < -0.39 is 11.9 Å². The van der Waals surface area contributed by atoms with Gasteiger partial charge in [0.05, 0.1) is 6.61 Å². The second-order valence-corrected chi connectivity index (χ2v) is 7.85. The van der Waals surface area contributed by atoms with Crippen LogP contribution >= 0.6 is 0 Å². The van der Waals surface area contributed by atoms with E-state index in [4.69, 9.17) is 9.84 Å². The summed E-state index contributed by atoms with van der Waals surface area (Å²) >= 11 is 0. The fourth-order valence-electron chi connectivity index (χ4n) is 3.36. The molecule has 28 heavy (non-hydrogen) atoms. The topological polar surface area (TPSA) is 63.6 Å². The molecule has 0 aromatic carbocycles. The molecule has 4 heteroatoms. The van der Waals surface area contributed by atoms with Crippen molar-refractivity contribution in [3.63, 3.8) is 0 Å². The zero-order valence-corrected chi connectivity index (χ0v) is 18.3. The van der Waals surface area contributed by atoms with Crippen molar-refractivity contribution in [1.82, 2.24) is 0 Å². The van der Waals surface area contributed by atoms with Crippen LogP contribution in [0.15, 0.2) is 12.2 Å². The third kappa shape index (κ3) is 22.7. The summed E-state index contributed by atoms with van der Waals surface area (Å²) in [6.45, 7) is 2.65. The van der Waals surface area contributed by atoms with Crippen LogP contribution in [0, 0.1) is 0 Å². The lowest BCUT2D eigenvalue weighted by atomic mass is 10.0. The van der Waals surface area contributed by atoms with Crippen molar-refractivity contribution < 1.29 is 19.4 Å². The van der Waals surface area contributed by atoms with Crippen molar-refractivity contribution >= 4 is 11.9 Å². The Hall–Kier alpha value is -1.32. The van der Waals surface area contributed by atoms with Gasteiger partial charge in [-0.05, 0) is 6.42 Å². The summed E-state index contributed by atoms with van der Waals surface area (Å²) in [6, 6.07) is 0. The summed E-state index contributed by atoms with van der Waals surface area (Å²) in [5.41, 5.74) is 0. The first-order chi connectivity index (χ1) is 13.7. The van der Waals surface area contributed by atoms with Gasteiger partial charge in [0, 0.05) is 12.2 Å². The summed E-state index contributed by atoms with van der Waals surface area (Å²) in [5.74, 6) is -1.71. The molecule has 0 heterocycles. The number of unbranched alkanes of at least 4 members (excludes halogenated alkanes) is 17. The highest BCUT2D eigenvalue weighted by atomic mass is 16.5. The Morgan fingerprint density at radius 3 is 1.32 bits per heavy atom. The lowest BCUT2D eigenvalue weighted by Crippen LogP contribution is -2.03. The first kappa shape index (κ1) is 26.7. The van der Waals surface area contributed by atoms with Crippen LogP contribution in [0.4, 0.5) is 0 Å². The molecule has 0 aromatic rings. The smallest absolute Gasteiger partial charge is 0.331 e. The van der Waals surface area contributed by atoms with Gasteiger partial charge in [0.2, 0.25) is 0 Å². The van der Waals surface area contributed by atoms with Gasteiger partial charge in [-0.3, -0.25) is 0 Å². The van der Waals surface area contributed by atoms with E-state index in [1.165, 1.54) is 103 Å². The van der Waals surface area contributed by atoms with Gasteiger partial charge in [0.25, 0.3) is 0 Å². The van der Waals surface area contributed by atoms with Crippen LogP contribution in [0.5, 0.6) is 0 Å². The normalized spacial score (nSPS) is 11.2. The maximum atomic E-state index is 11.2. The molecule has 0 atom stereocenters. The molecule has 0 rings (SSSR count). The van der Waals surface area contributed by atoms with Gasteiger partial charge >= 0.3 is 11.9 Å². The van der Waals surface area contributed by atoms with E-state index in [1.54, 1.807) is 0 Å². The summed E-state index contributed by atoms with van der Waals surface area (Å²) in [5, 5.41) is 8.40. The number of carboxylic acids is 1. The van der Waals surface area contributed by atoms with Gasteiger partial charge in [-0.25, -0.2) is 9.59 Å². The van der Waals surface area contributed by atoms with E-state index >= 15 is 0 Å². The molecule has 0 bridgehead atoms. The van der Waals surface area contributed by atoms with E-state index in [2.05, 4.69) is 6.92 Å². The third-order valence-electron chi connectivity index (χ3n) is 5.10. The van der Waals surface area contributed by atoms with Crippen molar-refractivity contribution in [1.29, 1.82) is 0 Å². The van der Waals surface area contributed by atoms with Crippen LogP contribution in [0.3, 0.4) is 0 Å². The molecule has 0 saturated heterocycles. The van der Waals surface area contributed by atoms with Crippen LogP contribution in [0.1, 0.15) is 122 Å². The molecule has 0 saturated carbocycles. The number of hydrogen-bond acceptors (Lipinski definition) is 3. The maximum absolute atomic E-state index is 11.2. The molecule has 0 aliphatic rings. The highest BCUT2D eigenvalue weighted by Gasteiger charge is 1.99. The number of carbonyl (C=O) groups is 2. The highest BCUT2D eigenvalue weighted by Crippen LogP contribution is 2.14. The van der Waals surface area contributed by atoms with Gasteiger partial charge in [0.1, 0.15) is 0 Å². The number of hydrogen-bond donors (Lipinski definition) is 1. The molecule has 0 radical (unpaired) electrons. The van der Waals surface area contributed by atoms with Crippen molar-refractivity contribution in [3.05, 3.63) is 12.2 Å². The Kier molecular flexibility index (Phi) is 20.9.